The minimum Gasteiger partial charge on any atom is -0.330 e. The Labute approximate surface area is 82.1 Å². The van der Waals surface area contributed by atoms with Gasteiger partial charge in [-0.05, 0) is 61.8 Å². The van der Waals surface area contributed by atoms with Gasteiger partial charge in [0, 0.05) is 0 Å². The number of hydrogen-bond donors (Lipinski definition) is 1. The second-order valence-electron chi connectivity index (χ2n) is 6.17. The maximum Gasteiger partial charge on any atom is -0.00485 e. The van der Waals surface area contributed by atoms with Crippen molar-refractivity contribution in [2.75, 3.05) is 6.54 Å². The Balaban J connectivity index is 1.86. The minimum atomic E-state index is 0.624. The highest BCUT2D eigenvalue weighted by Gasteiger charge is 2.46. The quantitative estimate of drug-likeness (QED) is 0.661. The molecule has 76 valence electrons. The molecule has 1 nitrogen and oxygen atoms in total. The summed E-state index contributed by atoms with van der Waals surface area (Å²) in [6.07, 6.45) is 8.67. The normalized spacial score (nSPS) is 31.6. The molecule has 0 heterocycles. The van der Waals surface area contributed by atoms with Crippen LogP contribution in [0.3, 0.4) is 0 Å². The van der Waals surface area contributed by atoms with Gasteiger partial charge in [0.05, 0.1) is 0 Å². The summed E-state index contributed by atoms with van der Waals surface area (Å²) in [5.41, 5.74) is 7.05. The average Bonchev–Trinajstić information content (AvgIpc) is 2.01. The molecule has 0 aromatic rings. The van der Waals surface area contributed by atoms with Gasteiger partial charge in [-0.2, -0.15) is 0 Å². The van der Waals surface area contributed by atoms with Gasteiger partial charge < -0.3 is 5.73 Å². The lowest BCUT2D eigenvalue weighted by Crippen LogP contribution is -2.44. The van der Waals surface area contributed by atoms with Crippen molar-refractivity contribution in [2.24, 2.45) is 22.5 Å². The Kier molecular flexibility index (Phi) is 2.18. The van der Waals surface area contributed by atoms with E-state index in [9.17, 15) is 0 Å². The highest BCUT2D eigenvalue weighted by Crippen LogP contribution is 2.57. The third-order valence-electron chi connectivity index (χ3n) is 4.44. The van der Waals surface area contributed by atoms with Gasteiger partial charge in [-0.1, -0.05) is 13.8 Å². The lowest BCUT2D eigenvalue weighted by Gasteiger charge is -2.53. The Hall–Kier alpha value is -0.0400. The van der Waals surface area contributed by atoms with Gasteiger partial charge in [-0.15, -0.1) is 0 Å². The summed E-state index contributed by atoms with van der Waals surface area (Å²) in [4.78, 5) is 0. The van der Waals surface area contributed by atoms with Crippen molar-refractivity contribution in [3.8, 4) is 0 Å². The van der Waals surface area contributed by atoms with Crippen molar-refractivity contribution < 1.29 is 0 Å². The Morgan fingerprint density at radius 3 is 2.08 bits per heavy atom. The van der Waals surface area contributed by atoms with Gasteiger partial charge in [0.1, 0.15) is 0 Å². The van der Waals surface area contributed by atoms with E-state index >= 15 is 0 Å². The molecule has 1 heteroatoms. The Bertz CT molecular complexity index is 177. The molecule has 0 amide bonds. The molecule has 0 atom stereocenters. The van der Waals surface area contributed by atoms with E-state index in [0.717, 1.165) is 17.9 Å². The predicted molar refractivity (Wildman–Crippen MR) is 56.5 cm³/mol. The molecule has 13 heavy (non-hydrogen) atoms. The Morgan fingerprint density at radius 1 is 1.08 bits per heavy atom. The highest BCUT2D eigenvalue weighted by molar-refractivity contribution is 4.98. The van der Waals surface area contributed by atoms with Crippen LogP contribution in [0.25, 0.3) is 0 Å². The average molecular weight is 181 g/mol. The maximum atomic E-state index is 5.68. The largest absolute Gasteiger partial charge is 0.330 e. The first-order valence-corrected chi connectivity index (χ1v) is 5.75. The molecule has 0 bridgehead atoms. The van der Waals surface area contributed by atoms with Crippen molar-refractivity contribution in [2.45, 2.75) is 52.4 Å². The molecule has 0 saturated heterocycles. The number of rotatable bonds is 1. The van der Waals surface area contributed by atoms with Crippen molar-refractivity contribution >= 4 is 0 Å². The van der Waals surface area contributed by atoms with Crippen LogP contribution in [-0.4, -0.2) is 6.54 Å². The minimum absolute atomic E-state index is 0.624. The molecule has 2 aliphatic rings. The molecule has 0 aromatic carbocycles. The van der Waals surface area contributed by atoms with E-state index in [0.29, 0.717) is 5.41 Å². The van der Waals surface area contributed by atoms with Gasteiger partial charge in [0.15, 0.2) is 0 Å². The van der Waals surface area contributed by atoms with E-state index in [4.69, 9.17) is 5.73 Å². The molecule has 1 spiro atoms. The molecule has 0 aromatic heterocycles. The lowest BCUT2D eigenvalue weighted by atomic mass is 9.52. The molecule has 2 fully saturated rings. The molecule has 0 aliphatic heterocycles. The summed E-state index contributed by atoms with van der Waals surface area (Å²) < 4.78 is 0. The van der Waals surface area contributed by atoms with E-state index in [2.05, 4.69) is 13.8 Å². The van der Waals surface area contributed by atoms with Crippen LogP contribution >= 0.6 is 0 Å². The topological polar surface area (TPSA) is 26.0 Å². The van der Waals surface area contributed by atoms with Crippen molar-refractivity contribution in [3.05, 3.63) is 0 Å². The summed E-state index contributed by atoms with van der Waals surface area (Å²) in [6, 6.07) is 0. The third kappa shape index (κ3) is 1.76. The molecule has 2 rings (SSSR count). The standard InChI is InChI=1S/C12H23N/c1-11(2)3-5-12(6-4-11)7-10(8-12)9-13/h10H,3-9,13H2,1-2H3. The van der Waals surface area contributed by atoms with Crippen LogP contribution in [0, 0.1) is 16.7 Å². The van der Waals surface area contributed by atoms with Gasteiger partial charge in [0.2, 0.25) is 0 Å². The lowest BCUT2D eigenvalue weighted by molar-refractivity contribution is -0.0140. The third-order valence-corrected chi connectivity index (χ3v) is 4.44. The fraction of sp³-hybridized carbons (Fsp3) is 1.00. The zero-order valence-electron chi connectivity index (χ0n) is 9.10. The van der Waals surface area contributed by atoms with Crippen LogP contribution < -0.4 is 5.73 Å². The van der Waals surface area contributed by atoms with E-state index in [1.54, 1.807) is 0 Å². The van der Waals surface area contributed by atoms with Crippen molar-refractivity contribution in [3.63, 3.8) is 0 Å². The van der Waals surface area contributed by atoms with Crippen LogP contribution in [-0.2, 0) is 0 Å². The summed E-state index contributed by atoms with van der Waals surface area (Å²) in [7, 11) is 0. The molecule has 2 aliphatic carbocycles. The van der Waals surface area contributed by atoms with Crippen LogP contribution in [0.4, 0.5) is 0 Å². The van der Waals surface area contributed by atoms with Crippen LogP contribution in [0.15, 0.2) is 0 Å². The summed E-state index contributed by atoms with van der Waals surface area (Å²) in [6.45, 7) is 5.75. The number of hydrogen-bond acceptors (Lipinski definition) is 1. The van der Waals surface area contributed by atoms with Crippen LogP contribution in [0.1, 0.15) is 52.4 Å². The highest BCUT2D eigenvalue weighted by atomic mass is 14.6. The summed E-state index contributed by atoms with van der Waals surface area (Å²) in [5.74, 6) is 0.862. The van der Waals surface area contributed by atoms with Crippen molar-refractivity contribution in [1.29, 1.82) is 0 Å². The van der Waals surface area contributed by atoms with E-state index in [1.165, 1.54) is 38.5 Å². The first kappa shape index (κ1) is 9.51. The first-order valence-electron chi connectivity index (χ1n) is 5.75. The zero-order chi connectivity index (χ0) is 9.53. The van der Waals surface area contributed by atoms with Gasteiger partial charge in [-0.25, -0.2) is 0 Å². The summed E-state index contributed by atoms with van der Waals surface area (Å²) in [5, 5.41) is 0. The molecule has 2 saturated carbocycles. The SMILES string of the molecule is CC1(C)CCC2(CC1)CC(CN)C2. The van der Waals surface area contributed by atoms with Gasteiger partial charge in [0.25, 0.3) is 0 Å². The Morgan fingerprint density at radius 2 is 1.62 bits per heavy atom. The monoisotopic (exact) mass is 181 g/mol. The first-order chi connectivity index (χ1) is 6.05. The number of nitrogens with two attached hydrogens (primary N) is 1. The van der Waals surface area contributed by atoms with Crippen LogP contribution in [0.5, 0.6) is 0 Å². The predicted octanol–water partition coefficient (Wildman–Crippen LogP) is 2.94. The van der Waals surface area contributed by atoms with Crippen molar-refractivity contribution in [1.82, 2.24) is 0 Å². The fourth-order valence-corrected chi connectivity index (χ4v) is 3.20. The maximum absolute atomic E-state index is 5.68. The van der Waals surface area contributed by atoms with E-state index in [1.807, 2.05) is 0 Å². The van der Waals surface area contributed by atoms with Gasteiger partial charge in [-0.3, -0.25) is 0 Å². The molecular weight excluding hydrogens is 158 g/mol. The molecule has 0 radical (unpaired) electrons. The van der Waals surface area contributed by atoms with E-state index < -0.39 is 0 Å². The molecule has 2 N–H and O–H groups in total. The molecule has 0 unspecified atom stereocenters. The van der Waals surface area contributed by atoms with Crippen LogP contribution in [0.2, 0.25) is 0 Å². The second kappa shape index (κ2) is 2.98. The molecular formula is C12H23N. The smallest absolute Gasteiger partial charge is 0.00485 e. The fourth-order valence-electron chi connectivity index (χ4n) is 3.20. The zero-order valence-corrected chi connectivity index (χ0v) is 9.10. The second-order valence-corrected chi connectivity index (χ2v) is 6.17. The van der Waals surface area contributed by atoms with Gasteiger partial charge >= 0.3 is 0 Å². The summed E-state index contributed by atoms with van der Waals surface area (Å²) >= 11 is 0. The van der Waals surface area contributed by atoms with E-state index in [-0.39, 0.29) is 0 Å².